The van der Waals surface area contributed by atoms with Gasteiger partial charge in [0.05, 0.1) is 6.04 Å². The quantitative estimate of drug-likeness (QED) is 0.140. The minimum absolute atomic E-state index is 0.00990. The number of amides is 2. The summed E-state index contributed by atoms with van der Waals surface area (Å²) < 4.78 is 21.8. The predicted octanol–water partition coefficient (Wildman–Crippen LogP) is -1.61. The van der Waals surface area contributed by atoms with Crippen LogP contribution in [-0.2, 0) is 28.3 Å². The first-order chi connectivity index (χ1) is 14.3. The zero-order valence-electron chi connectivity index (χ0n) is 18.4. The molecule has 0 aromatic heterocycles. The highest BCUT2D eigenvalue weighted by molar-refractivity contribution is 7.57. The van der Waals surface area contributed by atoms with Crippen LogP contribution in [0.3, 0.4) is 0 Å². The molecule has 0 aliphatic carbocycles. The van der Waals surface area contributed by atoms with Gasteiger partial charge >= 0.3 is 11.9 Å². The number of hydrogen-bond acceptors (Lipinski definition) is 8. The molecule has 0 heterocycles. The van der Waals surface area contributed by atoms with Crippen molar-refractivity contribution in [3.63, 3.8) is 0 Å². The van der Waals surface area contributed by atoms with Crippen LogP contribution in [0.15, 0.2) is 0 Å². The first-order valence-corrected chi connectivity index (χ1v) is 14.0. The highest BCUT2D eigenvalue weighted by Gasteiger charge is 2.24. The van der Waals surface area contributed by atoms with Crippen molar-refractivity contribution in [1.82, 2.24) is 10.6 Å². The van der Waals surface area contributed by atoms with Crippen LogP contribution < -0.4 is 22.1 Å². The van der Waals surface area contributed by atoms with Crippen LogP contribution in [0.5, 0.6) is 0 Å². The number of hydrogen-bond donors (Lipinski definition) is 8. The van der Waals surface area contributed by atoms with Crippen LogP contribution in [0.1, 0.15) is 26.7 Å². The first-order valence-electron chi connectivity index (χ1n) is 9.43. The molecule has 2 unspecified atom stereocenters. The standard InChI is InChI=1S/C11H22N3O6P.C5H12NO4P/c1-6(9(15)14-7(2)11(17)18)13-10(16)8(12)4-5-21(3,19)20;1-11(9,10)3-2-4(6)5(7)8/h6-8H,4-5,12H2,1-3H3,(H,13,16)(H,14,15)(H,17,18)(H,19,20);4H,2-3,6H2,1H3,(H,7,8)(H,9,10)/t6-,7-,8-;4-/m00/s1. The van der Waals surface area contributed by atoms with Crippen molar-refractivity contribution in [2.75, 3.05) is 25.7 Å². The molecule has 16 heteroatoms. The molecule has 0 fully saturated rings. The highest BCUT2D eigenvalue weighted by Crippen LogP contribution is 2.36. The van der Waals surface area contributed by atoms with Gasteiger partial charge < -0.3 is 42.1 Å². The number of carbonyl (C=O) groups is 4. The fourth-order valence-electron chi connectivity index (χ4n) is 1.80. The van der Waals surface area contributed by atoms with Gasteiger partial charge in [0.1, 0.15) is 18.1 Å². The summed E-state index contributed by atoms with van der Waals surface area (Å²) in [6, 6.07) is -4.09. The minimum atomic E-state index is -3.25. The van der Waals surface area contributed by atoms with Gasteiger partial charge in [0.25, 0.3) is 0 Å². The normalized spacial score (nSPS) is 18.2. The van der Waals surface area contributed by atoms with E-state index in [0.29, 0.717) is 0 Å². The van der Waals surface area contributed by atoms with E-state index in [0.717, 1.165) is 0 Å². The summed E-state index contributed by atoms with van der Waals surface area (Å²) in [5, 5.41) is 21.5. The molecule has 0 aliphatic heterocycles. The van der Waals surface area contributed by atoms with Crippen LogP contribution in [0, 0.1) is 0 Å². The van der Waals surface area contributed by atoms with Crippen molar-refractivity contribution >= 4 is 38.5 Å². The number of carboxylic acid groups (broad SMARTS) is 2. The topological polar surface area (TPSA) is 259 Å². The molecule has 2 amide bonds. The Labute approximate surface area is 186 Å². The molecule has 6 atom stereocenters. The monoisotopic (exact) mass is 504 g/mol. The maximum atomic E-state index is 11.7. The molecule has 0 bridgehead atoms. The zero-order chi connectivity index (χ0) is 25.9. The Morgan fingerprint density at radius 2 is 1.12 bits per heavy atom. The Kier molecular flexibility index (Phi) is 14.5. The van der Waals surface area contributed by atoms with E-state index >= 15 is 0 Å². The lowest BCUT2D eigenvalue weighted by atomic mass is 10.2. The van der Waals surface area contributed by atoms with Crippen molar-refractivity contribution in [1.29, 1.82) is 0 Å². The lowest BCUT2D eigenvalue weighted by Gasteiger charge is -2.19. The van der Waals surface area contributed by atoms with Crippen molar-refractivity contribution in [3.05, 3.63) is 0 Å². The van der Waals surface area contributed by atoms with Crippen molar-refractivity contribution in [2.45, 2.75) is 50.9 Å². The fourth-order valence-corrected chi connectivity index (χ4v) is 3.31. The molecular weight excluding hydrogens is 470 g/mol. The Bertz CT molecular complexity index is 751. The summed E-state index contributed by atoms with van der Waals surface area (Å²) in [7, 11) is -6.35. The van der Waals surface area contributed by atoms with E-state index < -0.39 is 62.7 Å². The first kappa shape index (κ1) is 32.4. The van der Waals surface area contributed by atoms with Crippen molar-refractivity contribution in [3.8, 4) is 0 Å². The molecule has 0 aromatic rings. The molecule has 0 rings (SSSR count). The molecule has 188 valence electrons. The maximum absolute atomic E-state index is 11.7. The van der Waals surface area contributed by atoms with Gasteiger partial charge in [0.2, 0.25) is 11.8 Å². The van der Waals surface area contributed by atoms with Gasteiger partial charge in [0, 0.05) is 25.7 Å². The fraction of sp³-hybridized carbons (Fsp3) is 0.750. The van der Waals surface area contributed by atoms with Gasteiger partial charge in [-0.2, -0.15) is 0 Å². The second kappa shape index (κ2) is 14.4. The van der Waals surface area contributed by atoms with E-state index in [1.165, 1.54) is 27.2 Å². The van der Waals surface area contributed by atoms with Gasteiger partial charge in [-0.3, -0.25) is 28.3 Å². The third-order valence-corrected chi connectivity index (χ3v) is 6.02. The second-order valence-electron chi connectivity index (χ2n) is 7.48. The van der Waals surface area contributed by atoms with Crippen LogP contribution in [0.2, 0.25) is 0 Å². The average molecular weight is 504 g/mol. The van der Waals surface area contributed by atoms with Crippen LogP contribution in [0.4, 0.5) is 0 Å². The van der Waals surface area contributed by atoms with E-state index in [1.807, 2.05) is 0 Å². The number of carbonyl (C=O) groups excluding carboxylic acids is 2. The number of aliphatic carboxylic acids is 2. The number of nitrogens with two attached hydrogens (primary N) is 2. The van der Waals surface area contributed by atoms with E-state index in [2.05, 4.69) is 10.6 Å². The molecule has 0 aliphatic rings. The van der Waals surface area contributed by atoms with Gasteiger partial charge in [-0.25, -0.2) is 0 Å². The Balaban J connectivity index is 0. The molecule has 0 spiro atoms. The largest absolute Gasteiger partial charge is 0.480 e. The second-order valence-corrected chi connectivity index (χ2v) is 12.6. The predicted molar refractivity (Wildman–Crippen MR) is 117 cm³/mol. The molecule has 32 heavy (non-hydrogen) atoms. The van der Waals surface area contributed by atoms with Gasteiger partial charge in [-0.05, 0) is 26.7 Å². The molecule has 0 saturated carbocycles. The highest BCUT2D eigenvalue weighted by atomic mass is 31.2. The summed E-state index contributed by atoms with van der Waals surface area (Å²) in [6.45, 7) is 5.02. The maximum Gasteiger partial charge on any atom is 0.325 e. The van der Waals surface area contributed by atoms with Gasteiger partial charge in [-0.1, -0.05) is 0 Å². The third-order valence-electron chi connectivity index (χ3n) is 3.85. The van der Waals surface area contributed by atoms with Gasteiger partial charge in [-0.15, -0.1) is 0 Å². The minimum Gasteiger partial charge on any atom is -0.480 e. The number of rotatable bonds is 12. The van der Waals surface area contributed by atoms with Crippen molar-refractivity contribution < 1.29 is 48.3 Å². The average Bonchev–Trinajstić information content (AvgIpc) is 2.62. The number of nitrogens with one attached hydrogen (secondary N) is 2. The van der Waals surface area contributed by atoms with E-state index in [1.54, 1.807) is 0 Å². The summed E-state index contributed by atoms with van der Waals surface area (Å²) >= 11 is 0. The van der Waals surface area contributed by atoms with Gasteiger partial charge in [0.15, 0.2) is 14.7 Å². The number of carboxylic acids is 2. The lowest BCUT2D eigenvalue weighted by Crippen LogP contribution is -2.52. The van der Waals surface area contributed by atoms with Crippen LogP contribution in [0.25, 0.3) is 0 Å². The summed E-state index contributed by atoms with van der Waals surface area (Å²) in [4.78, 5) is 61.9. The van der Waals surface area contributed by atoms with E-state index in [-0.39, 0.29) is 25.2 Å². The molecule has 10 N–H and O–H groups in total. The van der Waals surface area contributed by atoms with Crippen molar-refractivity contribution in [2.24, 2.45) is 11.5 Å². The van der Waals surface area contributed by atoms with Crippen LogP contribution >= 0.6 is 14.7 Å². The Hall–Kier alpha value is -1.82. The molecule has 0 saturated heterocycles. The Morgan fingerprint density at radius 3 is 1.47 bits per heavy atom. The molecule has 14 nitrogen and oxygen atoms in total. The van der Waals surface area contributed by atoms with E-state index in [9.17, 15) is 28.3 Å². The molecular formula is C16H34N4O10P2. The van der Waals surface area contributed by atoms with Crippen LogP contribution in [-0.4, -0.2) is 93.6 Å². The Morgan fingerprint density at radius 1 is 0.750 bits per heavy atom. The van der Waals surface area contributed by atoms with E-state index in [4.69, 9.17) is 31.5 Å². The third kappa shape index (κ3) is 17.8. The smallest absolute Gasteiger partial charge is 0.325 e. The summed E-state index contributed by atoms with van der Waals surface area (Å²) in [5.74, 6) is -3.64. The summed E-state index contributed by atoms with van der Waals surface area (Å²) in [5.41, 5.74) is 10.6. The lowest BCUT2D eigenvalue weighted by molar-refractivity contribution is -0.141. The summed E-state index contributed by atoms with van der Waals surface area (Å²) in [6.07, 6.45) is -0.0890. The zero-order valence-corrected chi connectivity index (χ0v) is 20.2. The molecule has 0 aromatic carbocycles. The SMILES string of the molecule is CP(=O)(O)CC[C@H](N)C(=O)O.C[C@H](NC(=O)[C@H](C)NC(=O)[C@@H](N)CCP(C)(=O)O)C(=O)O. The molecule has 0 radical (unpaired) electrons.